The van der Waals surface area contributed by atoms with Crippen LogP contribution in [0.25, 0.3) is 0 Å². The highest BCUT2D eigenvalue weighted by Crippen LogP contribution is 2.30. The van der Waals surface area contributed by atoms with Crippen molar-refractivity contribution < 1.29 is 31.1 Å². The van der Waals surface area contributed by atoms with Gasteiger partial charge in [0.1, 0.15) is 5.75 Å². The Kier molecular flexibility index (Phi) is 5.61. The molecule has 10 heteroatoms. The topological polar surface area (TPSA) is 84.5 Å². The number of alkyl halides is 3. The van der Waals surface area contributed by atoms with E-state index >= 15 is 0 Å². The Morgan fingerprint density at radius 3 is 2.18 bits per heavy atom. The van der Waals surface area contributed by atoms with Crippen molar-refractivity contribution >= 4 is 21.6 Å². The molecule has 3 rings (SSSR count). The highest BCUT2D eigenvalue weighted by Gasteiger charge is 2.31. The summed E-state index contributed by atoms with van der Waals surface area (Å²) in [5, 5.41) is 2.78. The number of rotatable bonds is 7. The maximum atomic E-state index is 12.3. The molecule has 0 atom stereocenters. The van der Waals surface area contributed by atoms with E-state index in [4.69, 9.17) is 0 Å². The summed E-state index contributed by atoms with van der Waals surface area (Å²) in [7, 11) is -3.91. The van der Waals surface area contributed by atoms with E-state index in [2.05, 4.69) is 14.8 Å². The van der Waals surface area contributed by atoms with Gasteiger partial charge in [0.25, 0.3) is 0 Å². The molecule has 0 heterocycles. The molecule has 2 aromatic carbocycles. The van der Waals surface area contributed by atoms with Gasteiger partial charge in [-0.2, -0.15) is 0 Å². The third-order valence-electron chi connectivity index (χ3n) is 4.00. The molecule has 2 N–H and O–H groups in total. The van der Waals surface area contributed by atoms with E-state index in [1.54, 1.807) is 24.3 Å². The van der Waals surface area contributed by atoms with Crippen LogP contribution in [-0.4, -0.2) is 20.7 Å². The van der Waals surface area contributed by atoms with E-state index < -0.39 is 22.1 Å². The predicted octanol–water partition coefficient (Wildman–Crippen LogP) is 3.41. The zero-order valence-electron chi connectivity index (χ0n) is 14.5. The van der Waals surface area contributed by atoms with Crippen LogP contribution < -0.4 is 14.8 Å². The second kappa shape index (κ2) is 7.80. The zero-order chi connectivity index (χ0) is 20.4. The van der Waals surface area contributed by atoms with E-state index in [0.717, 1.165) is 37.1 Å². The maximum absolute atomic E-state index is 12.3. The average Bonchev–Trinajstić information content (AvgIpc) is 3.45. The van der Waals surface area contributed by atoms with Gasteiger partial charge < -0.3 is 10.1 Å². The Labute approximate surface area is 159 Å². The number of hydrogen-bond donors (Lipinski definition) is 2. The summed E-state index contributed by atoms with van der Waals surface area (Å²) in [4.78, 5) is 11.5. The largest absolute Gasteiger partial charge is 0.573 e. The minimum Gasteiger partial charge on any atom is -0.406 e. The maximum Gasteiger partial charge on any atom is 0.573 e. The van der Waals surface area contributed by atoms with Crippen molar-refractivity contribution in [3.8, 4) is 5.75 Å². The molecule has 150 valence electrons. The summed E-state index contributed by atoms with van der Waals surface area (Å²) in [5.41, 5.74) is 1.29. The van der Waals surface area contributed by atoms with E-state index in [1.165, 1.54) is 0 Å². The van der Waals surface area contributed by atoms with Crippen LogP contribution in [0.4, 0.5) is 18.9 Å². The van der Waals surface area contributed by atoms with Crippen LogP contribution in [0, 0.1) is 5.92 Å². The molecule has 0 radical (unpaired) electrons. The first-order valence-electron chi connectivity index (χ1n) is 8.38. The molecular formula is C18H17F3N2O4S. The number of ether oxygens (including phenoxy) is 1. The summed E-state index contributed by atoms with van der Waals surface area (Å²) >= 11 is 0. The van der Waals surface area contributed by atoms with Gasteiger partial charge in [-0.1, -0.05) is 12.1 Å². The molecule has 0 spiro atoms. The molecule has 2 aromatic rings. The molecule has 0 aliphatic heterocycles. The molecule has 6 nitrogen and oxygen atoms in total. The lowest BCUT2D eigenvalue weighted by Gasteiger charge is -2.10. The standard InChI is InChI=1S/C18H17F3N2O4S/c19-18(20,21)27-15-7-9-16(10-8-15)28(25,26)22-11-12-1-5-14(6-2-12)23-17(24)13-3-4-13/h1-2,5-10,13,22H,3-4,11H2,(H,23,24). The molecule has 1 aliphatic carbocycles. The number of carbonyl (C=O) groups is 1. The van der Waals surface area contributed by atoms with Crippen molar-refractivity contribution in [1.29, 1.82) is 0 Å². The van der Waals surface area contributed by atoms with Gasteiger partial charge in [-0.05, 0) is 54.8 Å². The normalized spacial score (nSPS) is 14.5. The fraction of sp³-hybridized carbons (Fsp3) is 0.278. The summed E-state index contributed by atoms with van der Waals surface area (Å²) in [6, 6.07) is 10.6. The summed E-state index contributed by atoms with van der Waals surface area (Å²) < 4.78 is 67.1. The number of sulfonamides is 1. The minimum absolute atomic E-state index is 0.0139. The third-order valence-corrected chi connectivity index (χ3v) is 5.42. The smallest absolute Gasteiger partial charge is 0.406 e. The summed E-state index contributed by atoms with van der Waals surface area (Å²) in [5.74, 6) is -0.443. The molecule has 0 bridgehead atoms. The number of halogens is 3. The third kappa shape index (κ3) is 5.70. The van der Waals surface area contributed by atoms with E-state index in [0.29, 0.717) is 11.3 Å². The van der Waals surface area contributed by atoms with E-state index in [1.807, 2.05) is 0 Å². The zero-order valence-corrected chi connectivity index (χ0v) is 15.3. The lowest BCUT2D eigenvalue weighted by atomic mass is 10.2. The molecule has 1 saturated carbocycles. The highest BCUT2D eigenvalue weighted by molar-refractivity contribution is 7.89. The number of hydrogen-bond acceptors (Lipinski definition) is 4. The molecule has 0 unspecified atom stereocenters. The van der Waals surface area contributed by atoms with Crippen LogP contribution >= 0.6 is 0 Å². The van der Waals surface area contributed by atoms with Crippen molar-refractivity contribution in [2.45, 2.75) is 30.6 Å². The van der Waals surface area contributed by atoms with Gasteiger partial charge >= 0.3 is 6.36 Å². The first kappa shape index (κ1) is 20.2. The van der Waals surface area contributed by atoms with Gasteiger partial charge in [0.15, 0.2) is 0 Å². The molecule has 0 aromatic heterocycles. The summed E-state index contributed by atoms with van der Waals surface area (Å²) in [6.45, 7) is -0.0139. The number of anilines is 1. The highest BCUT2D eigenvalue weighted by atomic mass is 32.2. The lowest BCUT2D eigenvalue weighted by molar-refractivity contribution is -0.274. The van der Waals surface area contributed by atoms with Gasteiger partial charge in [0.2, 0.25) is 15.9 Å². The number of nitrogens with one attached hydrogen (secondary N) is 2. The molecule has 28 heavy (non-hydrogen) atoms. The molecule has 1 fully saturated rings. The fourth-order valence-corrected chi connectivity index (χ4v) is 3.40. The second-order valence-corrected chi connectivity index (χ2v) is 8.07. The minimum atomic E-state index is -4.84. The number of amides is 1. The van der Waals surface area contributed by atoms with Crippen molar-refractivity contribution in [3.05, 3.63) is 54.1 Å². The quantitative estimate of drug-likeness (QED) is 0.727. The van der Waals surface area contributed by atoms with Gasteiger partial charge in [0.05, 0.1) is 4.90 Å². The van der Waals surface area contributed by atoms with E-state index in [9.17, 15) is 26.4 Å². The monoisotopic (exact) mass is 414 g/mol. The van der Waals surface area contributed by atoms with Crippen molar-refractivity contribution in [3.63, 3.8) is 0 Å². The Balaban J connectivity index is 1.57. The molecular weight excluding hydrogens is 397 g/mol. The van der Waals surface area contributed by atoms with Crippen LogP contribution in [0.1, 0.15) is 18.4 Å². The number of carbonyl (C=O) groups excluding carboxylic acids is 1. The van der Waals surface area contributed by atoms with Crippen LogP contribution in [-0.2, 0) is 21.4 Å². The first-order valence-corrected chi connectivity index (χ1v) is 9.86. The van der Waals surface area contributed by atoms with Gasteiger partial charge in [0, 0.05) is 18.2 Å². The van der Waals surface area contributed by atoms with Crippen LogP contribution in [0.5, 0.6) is 5.75 Å². The van der Waals surface area contributed by atoms with Crippen LogP contribution in [0.2, 0.25) is 0 Å². The van der Waals surface area contributed by atoms with Crippen LogP contribution in [0.3, 0.4) is 0 Å². The Bertz CT molecular complexity index is 938. The van der Waals surface area contributed by atoms with Crippen molar-refractivity contribution in [1.82, 2.24) is 4.72 Å². The van der Waals surface area contributed by atoms with Gasteiger partial charge in [-0.3, -0.25) is 4.79 Å². The Morgan fingerprint density at radius 2 is 1.64 bits per heavy atom. The fourth-order valence-electron chi connectivity index (χ4n) is 2.38. The molecule has 1 aliphatic rings. The Hall–Kier alpha value is -2.59. The number of benzene rings is 2. The Morgan fingerprint density at radius 1 is 1.04 bits per heavy atom. The molecule has 1 amide bonds. The summed E-state index contributed by atoms with van der Waals surface area (Å²) in [6.07, 6.45) is -3.05. The van der Waals surface area contributed by atoms with Crippen molar-refractivity contribution in [2.24, 2.45) is 5.92 Å². The van der Waals surface area contributed by atoms with Gasteiger partial charge in [-0.15, -0.1) is 13.2 Å². The SMILES string of the molecule is O=C(Nc1ccc(CNS(=O)(=O)c2ccc(OC(F)(F)F)cc2)cc1)C1CC1. The van der Waals surface area contributed by atoms with Crippen molar-refractivity contribution in [2.75, 3.05) is 5.32 Å². The van der Waals surface area contributed by atoms with Gasteiger partial charge in [-0.25, -0.2) is 13.1 Å². The predicted molar refractivity (Wildman–Crippen MR) is 94.9 cm³/mol. The lowest BCUT2D eigenvalue weighted by Crippen LogP contribution is -2.23. The van der Waals surface area contributed by atoms with Crippen LogP contribution in [0.15, 0.2) is 53.4 Å². The average molecular weight is 414 g/mol. The molecule has 0 saturated heterocycles. The first-order chi connectivity index (χ1) is 13.1. The second-order valence-electron chi connectivity index (χ2n) is 6.30. The van der Waals surface area contributed by atoms with E-state index in [-0.39, 0.29) is 23.3 Å².